The molecule has 1 aliphatic rings. The molecule has 1 aromatic heterocycles. The van der Waals surface area contributed by atoms with Gasteiger partial charge in [0.15, 0.2) is 11.5 Å². The fourth-order valence-corrected chi connectivity index (χ4v) is 2.19. The van der Waals surface area contributed by atoms with Gasteiger partial charge in [0.05, 0.1) is 5.69 Å². The van der Waals surface area contributed by atoms with Crippen LogP contribution in [0.4, 0.5) is 11.5 Å². The third-order valence-electron chi connectivity index (χ3n) is 2.78. The number of aromatic nitrogens is 1. The molecule has 19 heavy (non-hydrogen) atoms. The third kappa shape index (κ3) is 2.58. The number of ether oxygens (including phenoxy) is 2. The van der Waals surface area contributed by atoms with Crippen LogP contribution in [0.15, 0.2) is 34.9 Å². The summed E-state index contributed by atoms with van der Waals surface area (Å²) in [5, 5.41) is 3.19. The summed E-state index contributed by atoms with van der Waals surface area (Å²) in [6.07, 6.45) is 1.71. The van der Waals surface area contributed by atoms with Crippen LogP contribution in [-0.4, -0.2) is 11.8 Å². The maximum absolute atomic E-state index is 5.88. The van der Waals surface area contributed by atoms with Crippen molar-refractivity contribution in [2.45, 2.75) is 6.54 Å². The molecular weight excluding hydrogens is 310 g/mol. The van der Waals surface area contributed by atoms with E-state index in [9.17, 15) is 0 Å². The summed E-state index contributed by atoms with van der Waals surface area (Å²) in [6.45, 7) is 0.906. The van der Waals surface area contributed by atoms with Gasteiger partial charge < -0.3 is 20.5 Å². The average molecular weight is 322 g/mol. The van der Waals surface area contributed by atoms with Crippen LogP contribution in [0.3, 0.4) is 0 Å². The summed E-state index contributed by atoms with van der Waals surface area (Å²) in [5.74, 6) is 2.22. The number of hydrogen-bond acceptors (Lipinski definition) is 5. The van der Waals surface area contributed by atoms with E-state index in [1.54, 1.807) is 6.20 Å². The lowest BCUT2D eigenvalue weighted by Gasteiger charge is -2.09. The molecule has 3 N–H and O–H groups in total. The van der Waals surface area contributed by atoms with Crippen LogP contribution < -0.4 is 20.5 Å². The summed E-state index contributed by atoms with van der Waals surface area (Å²) in [4.78, 5) is 4.23. The normalized spacial score (nSPS) is 12.5. The van der Waals surface area contributed by atoms with Crippen LogP contribution in [0.1, 0.15) is 5.56 Å². The van der Waals surface area contributed by atoms with Gasteiger partial charge in [0.2, 0.25) is 6.79 Å². The van der Waals surface area contributed by atoms with Crippen molar-refractivity contribution in [1.29, 1.82) is 0 Å². The second-order valence-corrected chi connectivity index (χ2v) is 5.05. The van der Waals surface area contributed by atoms with E-state index in [0.717, 1.165) is 21.5 Å². The number of nitrogen functional groups attached to an aromatic ring is 1. The molecule has 0 spiro atoms. The minimum atomic E-state index is 0.285. The number of benzene rings is 1. The minimum Gasteiger partial charge on any atom is -0.454 e. The van der Waals surface area contributed by atoms with E-state index in [2.05, 4.69) is 26.2 Å². The van der Waals surface area contributed by atoms with Crippen molar-refractivity contribution >= 4 is 27.4 Å². The van der Waals surface area contributed by atoms with E-state index in [1.807, 2.05) is 24.3 Å². The van der Waals surface area contributed by atoms with E-state index in [0.29, 0.717) is 18.1 Å². The van der Waals surface area contributed by atoms with Gasteiger partial charge in [-0.15, -0.1) is 0 Å². The Morgan fingerprint density at radius 1 is 1.26 bits per heavy atom. The number of fused-ring (bicyclic) bond motifs is 1. The largest absolute Gasteiger partial charge is 0.454 e. The Hall–Kier alpha value is -1.95. The van der Waals surface area contributed by atoms with Crippen LogP contribution >= 0.6 is 15.9 Å². The number of rotatable bonds is 3. The summed E-state index contributed by atoms with van der Waals surface area (Å²) in [7, 11) is 0. The Morgan fingerprint density at radius 3 is 2.95 bits per heavy atom. The van der Waals surface area contributed by atoms with E-state index < -0.39 is 0 Å². The molecule has 1 aromatic carbocycles. The maximum Gasteiger partial charge on any atom is 0.231 e. The van der Waals surface area contributed by atoms with Crippen molar-refractivity contribution in [3.8, 4) is 11.5 Å². The summed E-state index contributed by atoms with van der Waals surface area (Å²) in [6, 6.07) is 7.65. The number of halogens is 1. The predicted molar refractivity (Wildman–Crippen MR) is 76.2 cm³/mol. The minimum absolute atomic E-state index is 0.285. The zero-order valence-electron chi connectivity index (χ0n) is 10.0. The first-order valence-corrected chi connectivity index (χ1v) is 6.55. The van der Waals surface area contributed by atoms with E-state index in [1.165, 1.54) is 0 Å². The molecule has 5 nitrogen and oxygen atoms in total. The Balaban J connectivity index is 1.72. The van der Waals surface area contributed by atoms with E-state index >= 15 is 0 Å². The first-order valence-electron chi connectivity index (χ1n) is 5.76. The van der Waals surface area contributed by atoms with Crippen molar-refractivity contribution in [2.24, 2.45) is 0 Å². The zero-order valence-corrected chi connectivity index (χ0v) is 11.6. The number of hydrogen-bond donors (Lipinski definition) is 2. The van der Waals surface area contributed by atoms with Gasteiger partial charge >= 0.3 is 0 Å². The van der Waals surface area contributed by atoms with E-state index in [-0.39, 0.29) is 6.79 Å². The Kier molecular flexibility index (Phi) is 3.16. The molecule has 98 valence electrons. The third-order valence-corrected chi connectivity index (χ3v) is 3.21. The van der Waals surface area contributed by atoms with Gasteiger partial charge in [0.1, 0.15) is 5.82 Å². The van der Waals surface area contributed by atoms with Crippen LogP contribution in [0.2, 0.25) is 0 Å². The fraction of sp³-hybridized carbons (Fsp3) is 0.154. The monoisotopic (exact) mass is 321 g/mol. The first kappa shape index (κ1) is 12.1. The van der Waals surface area contributed by atoms with Crippen molar-refractivity contribution < 1.29 is 9.47 Å². The van der Waals surface area contributed by atoms with Crippen LogP contribution in [0, 0.1) is 0 Å². The number of pyridine rings is 1. The Labute approximate surface area is 118 Å². The number of nitrogens with zero attached hydrogens (tertiary/aromatic N) is 1. The van der Waals surface area contributed by atoms with Crippen LogP contribution in [-0.2, 0) is 6.54 Å². The molecule has 0 radical (unpaired) electrons. The average Bonchev–Trinajstić information content (AvgIpc) is 2.85. The molecule has 3 rings (SSSR count). The maximum atomic E-state index is 5.88. The molecule has 0 amide bonds. The Bertz CT molecular complexity index is 619. The second kappa shape index (κ2) is 4.97. The number of anilines is 2. The standard InChI is InChI=1S/C13H12BrN3O2/c14-9-4-10(15)13(17-6-9)16-5-8-1-2-11-12(3-8)19-7-18-11/h1-4,6H,5,7,15H2,(H,16,17). The molecule has 0 saturated heterocycles. The van der Waals surface area contributed by atoms with Crippen molar-refractivity contribution in [3.63, 3.8) is 0 Å². The molecule has 0 bridgehead atoms. The second-order valence-electron chi connectivity index (χ2n) is 4.13. The van der Waals surface area contributed by atoms with Gasteiger partial charge in [-0.2, -0.15) is 0 Å². The lowest BCUT2D eigenvalue weighted by molar-refractivity contribution is 0.174. The van der Waals surface area contributed by atoms with Crippen molar-refractivity contribution in [3.05, 3.63) is 40.5 Å². The van der Waals surface area contributed by atoms with Crippen molar-refractivity contribution in [1.82, 2.24) is 4.98 Å². The summed E-state index contributed by atoms with van der Waals surface area (Å²) >= 11 is 3.33. The smallest absolute Gasteiger partial charge is 0.231 e. The van der Waals surface area contributed by atoms with Crippen LogP contribution in [0.5, 0.6) is 11.5 Å². The molecule has 0 fully saturated rings. The molecule has 1 aliphatic heterocycles. The SMILES string of the molecule is Nc1cc(Br)cnc1NCc1ccc2c(c1)OCO2. The first-order chi connectivity index (χ1) is 9.22. The molecule has 6 heteroatoms. The highest BCUT2D eigenvalue weighted by Crippen LogP contribution is 2.32. The zero-order chi connectivity index (χ0) is 13.2. The topological polar surface area (TPSA) is 69.4 Å². The van der Waals surface area contributed by atoms with Gasteiger partial charge in [-0.25, -0.2) is 4.98 Å². The lowest BCUT2D eigenvalue weighted by Crippen LogP contribution is -2.04. The van der Waals surface area contributed by atoms with Gasteiger partial charge in [-0.3, -0.25) is 0 Å². The quantitative estimate of drug-likeness (QED) is 0.909. The predicted octanol–water partition coefficient (Wildman–Crippen LogP) is 2.77. The van der Waals surface area contributed by atoms with E-state index in [4.69, 9.17) is 15.2 Å². The van der Waals surface area contributed by atoms with Gasteiger partial charge in [-0.1, -0.05) is 6.07 Å². The molecule has 0 saturated carbocycles. The van der Waals surface area contributed by atoms with Gasteiger partial charge in [0, 0.05) is 17.2 Å². The fourth-order valence-electron chi connectivity index (χ4n) is 1.84. The molecular formula is C13H12BrN3O2. The molecule has 0 aliphatic carbocycles. The lowest BCUT2D eigenvalue weighted by atomic mass is 10.2. The number of nitrogens with two attached hydrogens (primary N) is 1. The summed E-state index contributed by atoms with van der Waals surface area (Å²) < 4.78 is 11.5. The van der Waals surface area contributed by atoms with Crippen LogP contribution in [0.25, 0.3) is 0 Å². The molecule has 0 atom stereocenters. The number of nitrogens with one attached hydrogen (secondary N) is 1. The highest BCUT2D eigenvalue weighted by molar-refractivity contribution is 9.10. The van der Waals surface area contributed by atoms with Gasteiger partial charge in [-0.05, 0) is 39.7 Å². The molecule has 0 unspecified atom stereocenters. The van der Waals surface area contributed by atoms with Gasteiger partial charge in [0.25, 0.3) is 0 Å². The van der Waals surface area contributed by atoms with Crippen molar-refractivity contribution in [2.75, 3.05) is 17.8 Å². The summed E-state index contributed by atoms with van der Waals surface area (Å²) in [5.41, 5.74) is 7.56. The highest BCUT2D eigenvalue weighted by atomic mass is 79.9. The molecule has 2 aromatic rings. The molecule has 2 heterocycles. The highest BCUT2D eigenvalue weighted by Gasteiger charge is 2.13. The Morgan fingerprint density at radius 2 is 2.11 bits per heavy atom.